The molecule has 622 valence electrons. The van der Waals surface area contributed by atoms with Crippen molar-refractivity contribution in [1.29, 1.82) is 0 Å². The Labute approximate surface area is 644 Å². The van der Waals surface area contributed by atoms with E-state index >= 15 is 0 Å². The van der Waals surface area contributed by atoms with E-state index in [4.69, 9.17) is 16.2 Å². The van der Waals surface area contributed by atoms with E-state index in [9.17, 15) is 117 Å². The van der Waals surface area contributed by atoms with Crippen molar-refractivity contribution in [3.63, 3.8) is 0 Å². The van der Waals surface area contributed by atoms with Crippen LogP contribution >= 0.6 is 0 Å². The molecule has 14 amide bonds. The number of aliphatic hydroxyl groups is 1. The molecule has 41 heteroatoms. The van der Waals surface area contributed by atoms with Gasteiger partial charge < -0.3 is 116 Å². The Morgan fingerprint density at radius 1 is 0.545 bits per heavy atom. The van der Waals surface area contributed by atoms with E-state index in [1.54, 1.807) is 30.5 Å². The summed E-state index contributed by atoms with van der Waals surface area (Å²) >= 11 is 0. The topological polar surface area (TPSA) is 659 Å². The highest BCUT2D eigenvalue weighted by atomic mass is 16.5. The fraction of sp³-hybridized carbons (Fsp3) is 0.620. The van der Waals surface area contributed by atoms with E-state index < -0.39 is 255 Å². The van der Waals surface area contributed by atoms with E-state index in [0.29, 0.717) is 35.2 Å². The number of para-hydroxylation sites is 1. The number of amides is 14. The molecule has 0 radical (unpaired) electrons. The molecule has 1 aliphatic heterocycles. The van der Waals surface area contributed by atoms with Crippen LogP contribution in [0.3, 0.4) is 0 Å². The number of carboxylic acids is 4. The third-order valence-corrected chi connectivity index (χ3v) is 18.1. The summed E-state index contributed by atoms with van der Waals surface area (Å²) in [6, 6.07) is -14.1. The number of unbranched alkanes of at least 4 members (excludes halogenated alkanes) is 5. The molecule has 23 N–H and O–H groups in total. The van der Waals surface area contributed by atoms with Crippen molar-refractivity contribution in [3.05, 3.63) is 36.0 Å². The number of ether oxygens (including phenoxy) is 1. The lowest BCUT2D eigenvalue weighted by atomic mass is 9.94. The fourth-order valence-electron chi connectivity index (χ4n) is 11.6. The van der Waals surface area contributed by atoms with Crippen molar-refractivity contribution < 1.29 is 121 Å². The number of nitrogens with two attached hydrogens (primary N) is 2. The minimum atomic E-state index is -2.28. The van der Waals surface area contributed by atoms with Gasteiger partial charge >= 0.3 is 29.8 Å². The van der Waals surface area contributed by atoms with Crippen molar-refractivity contribution in [2.24, 2.45) is 29.2 Å². The average molecular weight is 1590 g/mol. The summed E-state index contributed by atoms with van der Waals surface area (Å²) in [7, 11) is 0. The zero-order valence-corrected chi connectivity index (χ0v) is 63.7. The predicted octanol–water partition coefficient (Wildman–Crippen LogP) is -4.40. The van der Waals surface area contributed by atoms with Crippen LogP contribution in [0.5, 0.6) is 0 Å². The maximum Gasteiger partial charge on any atom is 0.329 e. The fourth-order valence-corrected chi connectivity index (χ4v) is 11.6. The second-order valence-corrected chi connectivity index (χ2v) is 27.9. The van der Waals surface area contributed by atoms with Crippen LogP contribution in [-0.4, -0.2) is 242 Å². The Balaban J connectivity index is 2.20. The lowest BCUT2D eigenvalue weighted by molar-refractivity contribution is -0.157. The zero-order chi connectivity index (χ0) is 84.1. The first-order valence-corrected chi connectivity index (χ1v) is 36.9. The summed E-state index contributed by atoms with van der Waals surface area (Å²) in [6.07, 6.45) is -0.558. The van der Waals surface area contributed by atoms with Crippen LogP contribution in [0.4, 0.5) is 0 Å². The molecule has 1 aliphatic rings. The number of hydrogen-bond acceptors (Lipinski definition) is 22. The third-order valence-electron chi connectivity index (χ3n) is 18.1. The molecule has 0 bridgehead atoms. The van der Waals surface area contributed by atoms with Crippen LogP contribution in [0.1, 0.15) is 163 Å². The molecule has 3 rings (SSSR count). The normalized spacial score (nSPS) is 21.9. The second kappa shape index (κ2) is 48.3. The first kappa shape index (κ1) is 94.8. The molecule has 14 atom stereocenters. The molecule has 112 heavy (non-hydrogen) atoms. The summed E-state index contributed by atoms with van der Waals surface area (Å²) in [4.78, 5) is 261. The van der Waals surface area contributed by atoms with E-state index in [-0.39, 0.29) is 38.6 Å². The van der Waals surface area contributed by atoms with Crippen LogP contribution < -0.4 is 80.6 Å². The molecule has 1 aromatic carbocycles. The third kappa shape index (κ3) is 33.8. The van der Waals surface area contributed by atoms with Crippen molar-refractivity contribution in [2.75, 3.05) is 26.2 Å². The average Bonchev–Trinajstić information content (AvgIpc) is 1.61. The number of aliphatic carboxylic acids is 4. The molecule has 1 saturated heterocycles. The van der Waals surface area contributed by atoms with Gasteiger partial charge in [-0.05, 0) is 75.5 Å². The Hall–Kier alpha value is -11.4. The summed E-state index contributed by atoms with van der Waals surface area (Å²) in [6.45, 7) is 6.74. The number of esters is 1. The summed E-state index contributed by atoms with van der Waals surface area (Å²) in [5.74, 6) is -27.1. The SMILES string of the molecule is CCC(C)C1NC(=O)C(C(C)CC(=O)O)NC(=O)C(CO)NC(=O)CNC(=O)C(CC(=O)O)NC(=O)C(C)NC(=O)C(CC(=O)O)NC(=O)C(CCCN)NC(=O)CNC(=O)C(NC(=O)C(CC(N)=O)NC(=O)C(CCC(=O)O)NC(=O)C(Cc2c[nH]c3ccccc23)NC(=O)CCCCCCCCC(C)C)C(C)OC1=O. The zero-order valence-electron chi connectivity index (χ0n) is 63.7. The monoisotopic (exact) mass is 1580 g/mol. The highest BCUT2D eigenvalue weighted by Crippen LogP contribution is 2.21. The molecule has 0 spiro atoms. The van der Waals surface area contributed by atoms with Gasteiger partial charge in [0.15, 0.2) is 0 Å². The second-order valence-electron chi connectivity index (χ2n) is 27.9. The van der Waals surface area contributed by atoms with E-state index in [0.717, 1.165) is 46.0 Å². The van der Waals surface area contributed by atoms with Gasteiger partial charge in [-0.15, -0.1) is 0 Å². The van der Waals surface area contributed by atoms with Crippen molar-refractivity contribution >= 4 is 123 Å². The van der Waals surface area contributed by atoms with Crippen LogP contribution in [0.25, 0.3) is 10.9 Å². The standard InChI is InChI=1S/C71H108N16O25/c1-8-36(4)59-71(111)112-39(7)60(87-67(107)46(28-50(73)89)83-64(104)44(23-24-54(93)94)81-66(106)45(27-40-31-74-42-20-16-15-19-41(40)42)79-51(90)22-14-12-10-9-11-13-18-35(2)3)69(109)76-33-52(91)78-43(21-17-25-72)63(103)84-48(30-57(99)100)65(105)77-38(6)61(101)82-47(29-56(97)98)62(102)75-32-53(92)80-49(34-88)68(108)85-58(70(110)86-59)37(5)26-55(95)96/h15-16,19-20,31,35-39,43-49,58-60,74,88H,8-14,17-18,21-30,32-34,72H2,1-7H3,(H2,73,89)(H,75,102)(H,76,109)(H,77,105)(H,78,91)(H,79,90)(H,80,92)(H,81,106)(H,82,101)(H,83,104)(H,84,103)(H,85,108)(H,86,110)(H,87,107)(H,93,94)(H,95,96)(H,97,98)(H,99,100). The van der Waals surface area contributed by atoms with Crippen LogP contribution in [0, 0.1) is 17.8 Å². The van der Waals surface area contributed by atoms with Crippen molar-refractivity contribution in [1.82, 2.24) is 74.1 Å². The first-order valence-electron chi connectivity index (χ1n) is 36.9. The van der Waals surface area contributed by atoms with Gasteiger partial charge in [-0.3, -0.25) is 86.3 Å². The number of primary amides is 1. The Morgan fingerprint density at radius 3 is 1.69 bits per heavy atom. The summed E-state index contributed by atoms with van der Waals surface area (Å²) in [5.41, 5.74) is 12.6. The molecule has 2 heterocycles. The number of H-pyrrole nitrogens is 1. The molecule has 2 aromatic rings. The molecule has 1 fully saturated rings. The smallest absolute Gasteiger partial charge is 0.329 e. The van der Waals surface area contributed by atoms with Gasteiger partial charge in [-0.2, -0.15) is 0 Å². The highest BCUT2D eigenvalue weighted by Gasteiger charge is 2.41. The Kier molecular flexibility index (Phi) is 40.9. The van der Waals surface area contributed by atoms with Gasteiger partial charge in [0.05, 0.1) is 45.4 Å². The number of aromatic amines is 1. The quantitative estimate of drug-likeness (QED) is 0.0226. The number of carbonyl (C=O) groups is 19. The number of carbonyl (C=O) groups excluding carboxylic acids is 15. The van der Waals surface area contributed by atoms with Gasteiger partial charge in [0.2, 0.25) is 82.7 Å². The first-order chi connectivity index (χ1) is 52.8. The number of carboxylic acid groups (broad SMARTS) is 4. The lowest BCUT2D eigenvalue weighted by Crippen LogP contribution is -2.62. The molecule has 1 aromatic heterocycles. The highest BCUT2D eigenvalue weighted by molar-refractivity contribution is 6.01. The van der Waals surface area contributed by atoms with Gasteiger partial charge in [0.1, 0.15) is 72.6 Å². The van der Waals surface area contributed by atoms with E-state index in [1.807, 2.05) is 10.6 Å². The summed E-state index contributed by atoms with van der Waals surface area (Å²) in [5, 5.41) is 79.1. The van der Waals surface area contributed by atoms with Gasteiger partial charge in [0, 0.05) is 36.4 Å². The minimum absolute atomic E-state index is 0.0114. The number of benzene rings is 1. The molecule has 0 aliphatic carbocycles. The number of rotatable bonds is 36. The van der Waals surface area contributed by atoms with E-state index in [1.165, 1.54) is 20.8 Å². The molecular weight excluding hydrogens is 1480 g/mol. The Morgan fingerprint density at radius 2 is 1.10 bits per heavy atom. The number of hydrogen-bond donors (Lipinski definition) is 21. The van der Waals surface area contributed by atoms with Crippen molar-refractivity contribution in [2.45, 2.75) is 237 Å². The van der Waals surface area contributed by atoms with Crippen LogP contribution in [0.2, 0.25) is 0 Å². The maximum absolute atomic E-state index is 14.8. The largest absolute Gasteiger partial charge is 0.481 e. The lowest BCUT2D eigenvalue weighted by Gasteiger charge is -2.31. The summed E-state index contributed by atoms with van der Waals surface area (Å²) < 4.78 is 5.76. The van der Waals surface area contributed by atoms with Crippen LogP contribution in [0.15, 0.2) is 30.5 Å². The molecule has 0 saturated carbocycles. The molecule has 41 nitrogen and oxygen atoms in total. The number of nitrogens with one attached hydrogen (secondary N) is 14. The number of aromatic nitrogens is 1. The minimum Gasteiger partial charge on any atom is -0.481 e. The number of fused-ring (bicyclic) bond motifs is 1. The number of aliphatic hydroxyl groups excluding tert-OH is 1. The maximum atomic E-state index is 14.8. The van der Waals surface area contributed by atoms with E-state index in [2.05, 4.69) is 77.3 Å². The van der Waals surface area contributed by atoms with Crippen molar-refractivity contribution in [3.8, 4) is 0 Å². The van der Waals surface area contributed by atoms with Gasteiger partial charge in [-0.1, -0.05) is 97.8 Å². The van der Waals surface area contributed by atoms with Crippen LogP contribution in [-0.2, 0) is 102 Å². The number of cyclic esters (lactones) is 1. The molecule has 14 unspecified atom stereocenters. The predicted molar refractivity (Wildman–Crippen MR) is 394 cm³/mol. The Bertz CT molecular complexity index is 3660. The van der Waals surface area contributed by atoms with Gasteiger partial charge in [0.25, 0.3) is 0 Å². The molecular formula is C71H108N16O25. The van der Waals surface area contributed by atoms with Gasteiger partial charge in [-0.25, -0.2) is 4.79 Å².